The van der Waals surface area contributed by atoms with Gasteiger partial charge in [0.15, 0.2) is 0 Å². The Labute approximate surface area is 62.4 Å². The Morgan fingerprint density at radius 3 is 2.44 bits per heavy atom. The Balaban J connectivity index is 2.61. The van der Waals surface area contributed by atoms with Crippen LogP contribution in [0.15, 0.2) is 30.3 Å². The average molecular weight is 185 g/mol. The van der Waals surface area contributed by atoms with E-state index in [9.17, 15) is 0 Å². The van der Waals surface area contributed by atoms with E-state index in [1.807, 2.05) is 0 Å². The molecule has 0 aliphatic heterocycles. The van der Waals surface area contributed by atoms with Crippen molar-refractivity contribution in [2.24, 2.45) is 0 Å². The molecular weight excluding hydrogens is 175 g/mol. The second-order valence-corrected chi connectivity index (χ2v) is 3.74. The molecule has 0 aliphatic carbocycles. The summed E-state index contributed by atoms with van der Waals surface area (Å²) in [6.45, 7) is 0. The first-order valence-electron chi connectivity index (χ1n) is 2.96. The molecule has 0 aliphatic rings. The molecule has 1 rings (SSSR count). The monoisotopic (exact) mass is 186 g/mol. The first kappa shape index (κ1) is 6.85. The number of benzene rings is 1. The Morgan fingerprint density at radius 1 is 1.22 bits per heavy atom. The van der Waals surface area contributed by atoms with Crippen LogP contribution >= 0.6 is 0 Å². The fourth-order valence-corrected chi connectivity index (χ4v) is 1.84. The molecule has 0 bridgehead atoms. The molecule has 0 aromatic heterocycles. The van der Waals surface area contributed by atoms with E-state index in [0.717, 1.165) is 15.0 Å². The van der Waals surface area contributed by atoms with Gasteiger partial charge in [-0.1, -0.05) is 0 Å². The van der Waals surface area contributed by atoms with Gasteiger partial charge in [-0.05, 0) is 0 Å². The summed E-state index contributed by atoms with van der Waals surface area (Å²) in [5.74, 6) is 2.26. The second-order valence-electron chi connectivity index (χ2n) is 1.92. The van der Waals surface area contributed by atoms with Gasteiger partial charge in [0, 0.05) is 0 Å². The molecule has 0 nitrogen and oxygen atoms in total. The zero-order valence-corrected chi connectivity index (χ0v) is 7.22. The summed E-state index contributed by atoms with van der Waals surface area (Å²) in [4.78, 5) is 0. The molecule has 0 spiro atoms. The maximum atomic E-state index is 2.26. The molecule has 0 saturated heterocycles. The summed E-state index contributed by atoms with van der Waals surface area (Å²) in [5.41, 5.74) is 1.47. The molecule has 0 heterocycles. The van der Waals surface area contributed by atoms with E-state index in [4.69, 9.17) is 0 Å². The fraction of sp³-hybridized carbons (Fsp3) is 0.250. The van der Waals surface area contributed by atoms with Crippen LogP contribution in [-0.2, 0) is 5.32 Å². The normalized spacial score (nSPS) is 9.44. The van der Waals surface area contributed by atoms with E-state index in [1.165, 1.54) is 10.9 Å². The molecule has 1 aromatic rings. The number of hydrogen-bond donors (Lipinski definition) is 0. The van der Waals surface area contributed by atoms with Crippen LogP contribution in [0, 0.1) is 0 Å². The van der Waals surface area contributed by atoms with Crippen molar-refractivity contribution in [2.75, 3.05) is 0 Å². The zero-order valence-electron chi connectivity index (χ0n) is 5.50. The van der Waals surface area contributed by atoms with E-state index < -0.39 is 0 Å². The molecule has 0 fully saturated rings. The van der Waals surface area contributed by atoms with Gasteiger partial charge in [0.05, 0.1) is 0 Å². The summed E-state index contributed by atoms with van der Waals surface area (Å²) >= 11 is 0.779. The van der Waals surface area contributed by atoms with Crippen LogP contribution in [0.3, 0.4) is 0 Å². The predicted octanol–water partition coefficient (Wildman–Crippen LogP) is 1.94. The van der Waals surface area contributed by atoms with Crippen LogP contribution in [0.2, 0.25) is 5.82 Å². The molecule has 0 amide bonds. The van der Waals surface area contributed by atoms with Gasteiger partial charge in [0.25, 0.3) is 0 Å². The van der Waals surface area contributed by atoms with Crippen LogP contribution in [0.1, 0.15) is 5.56 Å². The first-order valence-corrected chi connectivity index (χ1v) is 5.89. The molecule has 1 aromatic carbocycles. The second kappa shape index (κ2) is 3.71. The van der Waals surface area contributed by atoms with Crippen molar-refractivity contribution in [2.45, 2.75) is 11.1 Å². The minimum atomic E-state index is 0.779. The predicted molar refractivity (Wildman–Crippen MR) is 41.8 cm³/mol. The average Bonchev–Trinajstić information content (AvgIpc) is 1.91. The van der Waals surface area contributed by atoms with Crippen molar-refractivity contribution < 1.29 is 0 Å². The molecule has 0 atom stereocenters. The molecule has 1 heteroatoms. The molecule has 0 N–H and O–H groups in total. The Kier molecular flexibility index (Phi) is 2.82. The fourth-order valence-electron chi connectivity index (χ4n) is 0.741. The molecule has 0 saturated carbocycles. The summed E-state index contributed by atoms with van der Waals surface area (Å²) in [7, 11) is 0. The summed E-state index contributed by atoms with van der Waals surface area (Å²) < 4.78 is 0. The van der Waals surface area contributed by atoms with Crippen molar-refractivity contribution in [3.63, 3.8) is 0 Å². The number of rotatable bonds is 2. The van der Waals surface area contributed by atoms with Crippen molar-refractivity contribution in [3.8, 4) is 0 Å². The first-order chi connectivity index (χ1) is 4.43. The van der Waals surface area contributed by atoms with Crippen LogP contribution in [0.25, 0.3) is 0 Å². The zero-order chi connectivity index (χ0) is 6.53. The Bertz CT molecular complexity index is 157. The Morgan fingerprint density at radius 2 is 1.89 bits per heavy atom. The van der Waals surface area contributed by atoms with E-state index in [1.54, 1.807) is 0 Å². The quantitative estimate of drug-likeness (QED) is 0.617. The van der Waals surface area contributed by atoms with Gasteiger partial charge in [-0.15, -0.1) is 0 Å². The topological polar surface area (TPSA) is 0 Å². The van der Waals surface area contributed by atoms with E-state index in [0.29, 0.717) is 0 Å². The molecule has 48 valence electrons. The summed E-state index contributed by atoms with van der Waals surface area (Å²) in [6, 6.07) is 10.6. The minimum absolute atomic E-state index is 0.779. The van der Waals surface area contributed by atoms with Gasteiger partial charge in [-0.2, -0.15) is 0 Å². The van der Waals surface area contributed by atoms with E-state index in [2.05, 4.69) is 36.2 Å². The van der Waals surface area contributed by atoms with Crippen LogP contribution < -0.4 is 0 Å². The standard InChI is InChI=1S/C8H10Se/c1-9-7-8-5-3-2-4-6-8/h2-6H,7H2,1H3. The molecule has 0 radical (unpaired) electrons. The van der Waals surface area contributed by atoms with Crippen molar-refractivity contribution >= 4 is 15.0 Å². The maximum absolute atomic E-state index is 2.26. The van der Waals surface area contributed by atoms with Crippen molar-refractivity contribution in [1.29, 1.82) is 0 Å². The van der Waals surface area contributed by atoms with Gasteiger partial charge in [-0.25, -0.2) is 0 Å². The third kappa shape index (κ3) is 2.21. The molecular formula is C8H10Se. The van der Waals surface area contributed by atoms with E-state index in [-0.39, 0.29) is 0 Å². The van der Waals surface area contributed by atoms with Gasteiger partial charge in [0.1, 0.15) is 0 Å². The third-order valence-corrected chi connectivity index (χ3v) is 2.46. The van der Waals surface area contributed by atoms with Crippen LogP contribution in [0.5, 0.6) is 0 Å². The van der Waals surface area contributed by atoms with E-state index >= 15 is 0 Å². The van der Waals surface area contributed by atoms with Crippen molar-refractivity contribution in [1.82, 2.24) is 0 Å². The van der Waals surface area contributed by atoms with Gasteiger partial charge in [-0.3, -0.25) is 0 Å². The van der Waals surface area contributed by atoms with Gasteiger partial charge < -0.3 is 0 Å². The van der Waals surface area contributed by atoms with Gasteiger partial charge >= 0.3 is 62.0 Å². The summed E-state index contributed by atoms with van der Waals surface area (Å²) in [6.07, 6.45) is 0. The third-order valence-electron chi connectivity index (χ3n) is 1.15. The summed E-state index contributed by atoms with van der Waals surface area (Å²) in [5, 5.41) is 1.27. The van der Waals surface area contributed by atoms with Gasteiger partial charge in [0.2, 0.25) is 0 Å². The number of hydrogen-bond acceptors (Lipinski definition) is 0. The Hall–Kier alpha value is -0.261. The molecule has 9 heavy (non-hydrogen) atoms. The van der Waals surface area contributed by atoms with Crippen LogP contribution in [-0.4, -0.2) is 15.0 Å². The van der Waals surface area contributed by atoms with Crippen molar-refractivity contribution in [3.05, 3.63) is 35.9 Å². The van der Waals surface area contributed by atoms with Crippen LogP contribution in [0.4, 0.5) is 0 Å². The SMILES string of the molecule is C[Se]Cc1ccccc1. The molecule has 0 unspecified atom stereocenters.